The molecule has 0 aliphatic heterocycles. The molecule has 1 aromatic carbocycles. The summed E-state index contributed by atoms with van der Waals surface area (Å²) in [4.78, 5) is 0. The molecule has 3 heteroatoms. The van der Waals surface area contributed by atoms with Crippen LogP contribution in [0.15, 0.2) is 18.2 Å². The number of hydrogen-bond donors (Lipinski definition) is 2. The molecule has 2 N–H and O–H groups in total. The Bertz CT molecular complexity index is 312. The smallest absolute Gasteiger partial charge is 0.126 e. The predicted octanol–water partition coefficient (Wildman–Crippen LogP) is 2.32. The van der Waals surface area contributed by atoms with Crippen LogP contribution in [0, 0.1) is 12.7 Å². The van der Waals surface area contributed by atoms with Crippen LogP contribution >= 0.6 is 0 Å². The summed E-state index contributed by atoms with van der Waals surface area (Å²) in [6, 6.07) is 4.78. The molecule has 0 heterocycles. The first-order valence-corrected chi connectivity index (χ1v) is 4.71. The van der Waals surface area contributed by atoms with Crippen LogP contribution < -0.4 is 5.32 Å². The first-order valence-electron chi connectivity index (χ1n) is 4.71. The van der Waals surface area contributed by atoms with Gasteiger partial charge in [-0.1, -0.05) is 0 Å². The summed E-state index contributed by atoms with van der Waals surface area (Å²) in [5.74, 6) is -0.208. The summed E-state index contributed by atoms with van der Waals surface area (Å²) in [5, 5.41) is 12.4. The van der Waals surface area contributed by atoms with E-state index in [-0.39, 0.29) is 11.9 Å². The Balaban J connectivity index is 2.73. The minimum atomic E-state index is -0.430. The first kappa shape index (κ1) is 11.0. The van der Waals surface area contributed by atoms with E-state index in [1.54, 1.807) is 26.0 Å². The lowest BCUT2D eigenvalue weighted by atomic mass is 10.1. The second-order valence-electron chi connectivity index (χ2n) is 3.64. The number of halogens is 1. The van der Waals surface area contributed by atoms with Gasteiger partial charge in [0.05, 0.1) is 6.10 Å². The van der Waals surface area contributed by atoms with Crippen LogP contribution in [0.25, 0.3) is 0 Å². The van der Waals surface area contributed by atoms with Crippen molar-refractivity contribution < 1.29 is 9.50 Å². The monoisotopic (exact) mass is 197 g/mol. The Morgan fingerprint density at radius 3 is 2.50 bits per heavy atom. The van der Waals surface area contributed by atoms with Crippen molar-refractivity contribution in [3.05, 3.63) is 29.6 Å². The molecule has 0 aromatic heterocycles. The molecule has 1 aromatic rings. The van der Waals surface area contributed by atoms with Gasteiger partial charge in [-0.15, -0.1) is 0 Å². The molecule has 2 atom stereocenters. The first-order chi connectivity index (χ1) is 6.50. The van der Waals surface area contributed by atoms with E-state index in [0.29, 0.717) is 5.56 Å². The van der Waals surface area contributed by atoms with Crippen LogP contribution in [0.3, 0.4) is 0 Å². The zero-order valence-corrected chi connectivity index (χ0v) is 8.71. The van der Waals surface area contributed by atoms with Gasteiger partial charge in [0.1, 0.15) is 5.82 Å². The summed E-state index contributed by atoms with van der Waals surface area (Å²) in [6.07, 6.45) is -0.430. The van der Waals surface area contributed by atoms with Crippen molar-refractivity contribution in [3.8, 4) is 0 Å². The fourth-order valence-electron chi connectivity index (χ4n) is 1.12. The maximum Gasteiger partial charge on any atom is 0.126 e. The van der Waals surface area contributed by atoms with Crippen molar-refractivity contribution >= 4 is 5.69 Å². The fourth-order valence-corrected chi connectivity index (χ4v) is 1.12. The van der Waals surface area contributed by atoms with E-state index >= 15 is 0 Å². The van der Waals surface area contributed by atoms with E-state index in [2.05, 4.69) is 5.32 Å². The Morgan fingerprint density at radius 1 is 1.36 bits per heavy atom. The van der Waals surface area contributed by atoms with Crippen molar-refractivity contribution in [3.63, 3.8) is 0 Å². The third-order valence-corrected chi connectivity index (χ3v) is 2.28. The molecule has 0 radical (unpaired) electrons. The fraction of sp³-hybridized carbons (Fsp3) is 0.455. The van der Waals surface area contributed by atoms with E-state index in [1.165, 1.54) is 6.07 Å². The second-order valence-corrected chi connectivity index (χ2v) is 3.64. The summed E-state index contributed by atoms with van der Waals surface area (Å²) in [6.45, 7) is 5.31. The summed E-state index contributed by atoms with van der Waals surface area (Å²) >= 11 is 0. The zero-order valence-electron chi connectivity index (χ0n) is 8.71. The summed E-state index contributed by atoms with van der Waals surface area (Å²) in [7, 11) is 0. The quantitative estimate of drug-likeness (QED) is 0.779. The average Bonchev–Trinajstić information content (AvgIpc) is 2.11. The lowest BCUT2D eigenvalue weighted by molar-refractivity contribution is 0.178. The van der Waals surface area contributed by atoms with Crippen LogP contribution in [-0.2, 0) is 0 Å². The maximum absolute atomic E-state index is 12.9. The van der Waals surface area contributed by atoms with Gasteiger partial charge in [0.2, 0.25) is 0 Å². The molecule has 2 unspecified atom stereocenters. The number of aryl methyl sites for hydroxylation is 1. The van der Waals surface area contributed by atoms with Crippen LogP contribution in [-0.4, -0.2) is 17.3 Å². The molecule has 0 fully saturated rings. The molecular weight excluding hydrogens is 181 g/mol. The largest absolute Gasteiger partial charge is 0.391 e. The molecule has 0 bridgehead atoms. The van der Waals surface area contributed by atoms with Crippen LogP contribution in [0.4, 0.5) is 10.1 Å². The number of nitrogens with one attached hydrogen (secondary N) is 1. The highest BCUT2D eigenvalue weighted by molar-refractivity contribution is 5.46. The van der Waals surface area contributed by atoms with Gasteiger partial charge in [0.25, 0.3) is 0 Å². The molecule has 0 amide bonds. The van der Waals surface area contributed by atoms with Gasteiger partial charge < -0.3 is 10.4 Å². The van der Waals surface area contributed by atoms with Crippen molar-refractivity contribution in [2.45, 2.75) is 32.9 Å². The number of aliphatic hydroxyl groups is 1. The van der Waals surface area contributed by atoms with Gasteiger partial charge in [-0.25, -0.2) is 4.39 Å². The Hall–Kier alpha value is -1.09. The predicted molar refractivity (Wildman–Crippen MR) is 55.9 cm³/mol. The van der Waals surface area contributed by atoms with Gasteiger partial charge in [-0.2, -0.15) is 0 Å². The second kappa shape index (κ2) is 4.42. The molecule has 0 saturated carbocycles. The zero-order chi connectivity index (χ0) is 10.7. The van der Waals surface area contributed by atoms with Crippen molar-refractivity contribution in [2.75, 3.05) is 5.32 Å². The lowest BCUT2D eigenvalue weighted by Crippen LogP contribution is -2.27. The van der Waals surface area contributed by atoms with Crippen molar-refractivity contribution in [2.24, 2.45) is 0 Å². The topological polar surface area (TPSA) is 32.3 Å². The SMILES string of the molecule is Cc1cc(NC(C)C(C)O)ccc1F. The number of anilines is 1. The molecule has 2 nitrogen and oxygen atoms in total. The molecule has 78 valence electrons. The summed E-state index contributed by atoms with van der Waals surface area (Å²) in [5.41, 5.74) is 1.44. The average molecular weight is 197 g/mol. The molecule has 1 rings (SSSR count). The summed E-state index contributed by atoms with van der Waals surface area (Å²) < 4.78 is 12.9. The molecule has 0 aliphatic rings. The standard InChI is InChI=1S/C11H16FNO/c1-7-6-10(4-5-11(7)12)13-8(2)9(3)14/h4-6,8-9,13-14H,1-3H3. The third-order valence-electron chi connectivity index (χ3n) is 2.28. The number of benzene rings is 1. The van der Waals surface area contributed by atoms with E-state index < -0.39 is 6.10 Å². The highest BCUT2D eigenvalue weighted by Gasteiger charge is 2.08. The minimum absolute atomic E-state index is 0.0418. The van der Waals surface area contributed by atoms with Gasteiger partial charge in [-0.05, 0) is 44.5 Å². The van der Waals surface area contributed by atoms with Gasteiger partial charge in [0.15, 0.2) is 0 Å². The molecular formula is C11H16FNO. The highest BCUT2D eigenvalue weighted by Crippen LogP contribution is 2.15. The molecule has 0 saturated heterocycles. The molecule has 14 heavy (non-hydrogen) atoms. The van der Waals surface area contributed by atoms with Gasteiger partial charge in [0, 0.05) is 11.7 Å². The highest BCUT2D eigenvalue weighted by atomic mass is 19.1. The van der Waals surface area contributed by atoms with E-state index in [1.807, 2.05) is 6.92 Å². The van der Waals surface area contributed by atoms with Crippen LogP contribution in [0.5, 0.6) is 0 Å². The Morgan fingerprint density at radius 2 is 2.00 bits per heavy atom. The lowest BCUT2D eigenvalue weighted by Gasteiger charge is -2.18. The van der Waals surface area contributed by atoms with Crippen LogP contribution in [0.2, 0.25) is 0 Å². The number of hydrogen-bond acceptors (Lipinski definition) is 2. The number of aliphatic hydroxyl groups excluding tert-OH is 1. The minimum Gasteiger partial charge on any atom is -0.391 e. The maximum atomic E-state index is 12.9. The molecule has 0 aliphatic carbocycles. The Kier molecular flexibility index (Phi) is 3.47. The van der Waals surface area contributed by atoms with Gasteiger partial charge in [-0.3, -0.25) is 0 Å². The number of rotatable bonds is 3. The molecule has 0 spiro atoms. The van der Waals surface area contributed by atoms with Gasteiger partial charge >= 0.3 is 0 Å². The van der Waals surface area contributed by atoms with Crippen molar-refractivity contribution in [1.29, 1.82) is 0 Å². The normalized spacial score (nSPS) is 14.9. The Labute approximate surface area is 83.8 Å². The van der Waals surface area contributed by atoms with Crippen LogP contribution in [0.1, 0.15) is 19.4 Å². The third kappa shape index (κ3) is 2.70. The van der Waals surface area contributed by atoms with E-state index in [0.717, 1.165) is 5.69 Å². The van der Waals surface area contributed by atoms with E-state index in [9.17, 15) is 9.50 Å². The van der Waals surface area contributed by atoms with E-state index in [4.69, 9.17) is 0 Å². The van der Waals surface area contributed by atoms with Crippen molar-refractivity contribution in [1.82, 2.24) is 0 Å².